The fraction of sp³-hybridized carbons (Fsp3) is 0.0625. The van der Waals surface area contributed by atoms with Crippen molar-refractivity contribution in [2.45, 2.75) is 6.92 Å². The van der Waals surface area contributed by atoms with Crippen LogP contribution in [0.25, 0.3) is 0 Å². The van der Waals surface area contributed by atoms with Gasteiger partial charge in [0.2, 0.25) is 0 Å². The Kier molecular flexibility index (Phi) is 4.69. The predicted molar refractivity (Wildman–Crippen MR) is 98.4 cm³/mol. The van der Waals surface area contributed by atoms with Gasteiger partial charge in [-0.1, -0.05) is 23.2 Å². The van der Waals surface area contributed by atoms with Gasteiger partial charge in [0.1, 0.15) is 17.8 Å². The molecule has 24 heavy (non-hydrogen) atoms. The van der Waals surface area contributed by atoms with E-state index in [1.165, 1.54) is 6.33 Å². The number of nitrogens with one attached hydrogen (secondary N) is 2. The first-order valence-corrected chi connectivity index (χ1v) is 7.80. The van der Waals surface area contributed by atoms with E-state index in [4.69, 9.17) is 28.9 Å². The molecule has 0 radical (unpaired) electrons. The average molecular weight is 361 g/mol. The standard InChI is InChI=1S/C16H14Cl2N6/c1-9-2-3-20-13(4-9)24-16-14(19)15(21-8-22-16)23-12-6-10(17)5-11(18)7-12/h2-8H,19H2,1H3,(H2,20,21,22,23,24). The molecule has 0 spiro atoms. The lowest BCUT2D eigenvalue weighted by Crippen LogP contribution is -2.06. The summed E-state index contributed by atoms with van der Waals surface area (Å²) in [4.78, 5) is 12.6. The van der Waals surface area contributed by atoms with Crippen LogP contribution in [-0.2, 0) is 0 Å². The van der Waals surface area contributed by atoms with E-state index in [1.54, 1.807) is 24.4 Å². The van der Waals surface area contributed by atoms with E-state index in [0.717, 1.165) is 5.56 Å². The SMILES string of the molecule is Cc1ccnc(Nc2ncnc(Nc3cc(Cl)cc(Cl)c3)c2N)c1. The van der Waals surface area contributed by atoms with Gasteiger partial charge < -0.3 is 16.4 Å². The Hall–Kier alpha value is -2.57. The van der Waals surface area contributed by atoms with Crippen molar-refractivity contribution in [1.29, 1.82) is 0 Å². The molecule has 0 atom stereocenters. The van der Waals surface area contributed by atoms with Gasteiger partial charge >= 0.3 is 0 Å². The highest BCUT2D eigenvalue weighted by Gasteiger charge is 2.10. The minimum absolute atomic E-state index is 0.358. The highest BCUT2D eigenvalue weighted by atomic mass is 35.5. The summed E-state index contributed by atoms with van der Waals surface area (Å²) in [5.41, 5.74) is 8.26. The minimum Gasteiger partial charge on any atom is -0.393 e. The van der Waals surface area contributed by atoms with Gasteiger partial charge in [-0.15, -0.1) is 0 Å². The van der Waals surface area contributed by atoms with E-state index in [2.05, 4.69) is 25.6 Å². The van der Waals surface area contributed by atoms with Crippen LogP contribution in [0.15, 0.2) is 42.9 Å². The summed E-state index contributed by atoms with van der Waals surface area (Å²) in [5, 5.41) is 7.20. The summed E-state index contributed by atoms with van der Waals surface area (Å²) in [6.07, 6.45) is 3.12. The summed E-state index contributed by atoms with van der Waals surface area (Å²) < 4.78 is 0. The molecule has 4 N–H and O–H groups in total. The van der Waals surface area contributed by atoms with Crippen LogP contribution in [0.5, 0.6) is 0 Å². The Morgan fingerprint density at radius 1 is 0.917 bits per heavy atom. The molecular weight excluding hydrogens is 347 g/mol. The number of rotatable bonds is 4. The van der Waals surface area contributed by atoms with Crippen molar-refractivity contribution in [1.82, 2.24) is 15.0 Å². The second-order valence-corrected chi connectivity index (χ2v) is 5.98. The maximum Gasteiger partial charge on any atom is 0.160 e. The molecule has 3 rings (SSSR count). The minimum atomic E-state index is 0.358. The highest BCUT2D eigenvalue weighted by molar-refractivity contribution is 6.35. The third-order valence-electron chi connectivity index (χ3n) is 3.17. The first-order valence-electron chi connectivity index (χ1n) is 7.04. The molecule has 8 heteroatoms. The van der Waals surface area contributed by atoms with Crippen LogP contribution in [0.3, 0.4) is 0 Å². The zero-order valence-electron chi connectivity index (χ0n) is 12.7. The van der Waals surface area contributed by atoms with E-state index < -0.39 is 0 Å². The third-order valence-corrected chi connectivity index (χ3v) is 3.61. The van der Waals surface area contributed by atoms with Crippen LogP contribution in [0.4, 0.5) is 28.8 Å². The van der Waals surface area contributed by atoms with Gasteiger partial charge in [0, 0.05) is 21.9 Å². The Labute approximate surface area is 149 Å². The van der Waals surface area contributed by atoms with Crippen molar-refractivity contribution >= 4 is 52.0 Å². The largest absolute Gasteiger partial charge is 0.393 e. The van der Waals surface area contributed by atoms with Gasteiger partial charge in [-0.25, -0.2) is 15.0 Å². The van der Waals surface area contributed by atoms with Crippen molar-refractivity contribution in [3.8, 4) is 0 Å². The number of aromatic nitrogens is 3. The quantitative estimate of drug-likeness (QED) is 0.632. The zero-order valence-corrected chi connectivity index (χ0v) is 14.2. The average Bonchev–Trinajstić information content (AvgIpc) is 2.50. The maximum atomic E-state index is 6.15. The number of pyridine rings is 1. The van der Waals surface area contributed by atoms with E-state index in [-0.39, 0.29) is 0 Å². The molecule has 0 unspecified atom stereocenters. The van der Waals surface area contributed by atoms with Gasteiger partial charge in [0.15, 0.2) is 11.6 Å². The monoisotopic (exact) mass is 360 g/mol. The van der Waals surface area contributed by atoms with Crippen LogP contribution in [0, 0.1) is 6.92 Å². The summed E-state index contributed by atoms with van der Waals surface area (Å²) in [5.74, 6) is 1.55. The lowest BCUT2D eigenvalue weighted by Gasteiger charge is -2.12. The number of halogens is 2. The first-order chi connectivity index (χ1) is 11.5. The molecule has 0 aliphatic carbocycles. The number of nitrogens with two attached hydrogens (primary N) is 1. The second kappa shape index (κ2) is 6.90. The number of anilines is 5. The van der Waals surface area contributed by atoms with Crippen molar-refractivity contribution in [3.05, 3.63) is 58.5 Å². The normalized spacial score (nSPS) is 10.5. The van der Waals surface area contributed by atoms with Gasteiger partial charge in [-0.3, -0.25) is 0 Å². The number of nitrogens with zero attached hydrogens (tertiary/aromatic N) is 3. The molecule has 0 fully saturated rings. The summed E-state index contributed by atoms with van der Waals surface area (Å²) in [7, 11) is 0. The Bertz CT molecular complexity index is 864. The molecule has 6 nitrogen and oxygen atoms in total. The summed E-state index contributed by atoms with van der Waals surface area (Å²) in [6.45, 7) is 1.98. The smallest absolute Gasteiger partial charge is 0.160 e. The van der Waals surface area contributed by atoms with E-state index >= 15 is 0 Å². The zero-order chi connectivity index (χ0) is 17.1. The molecule has 122 valence electrons. The van der Waals surface area contributed by atoms with Crippen molar-refractivity contribution in [2.75, 3.05) is 16.4 Å². The van der Waals surface area contributed by atoms with E-state index in [1.807, 2.05) is 19.1 Å². The van der Waals surface area contributed by atoms with E-state index in [9.17, 15) is 0 Å². The molecule has 0 saturated heterocycles. The van der Waals surface area contributed by atoms with Crippen molar-refractivity contribution in [2.24, 2.45) is 0 Å². The molecule has 0 saturated carbocycles. The number of benzene rings is 1. The molecule has 2 heterocycles. The Morgan fingerprint density at radius 3 is 2.25 bits per heavy atom. The first kappa shape index (κ1) is 16.3. The maximum absolute atomic E-state index is 6.15. The van der Waals surface area contributed by atoms with Gasteiger partial charge in [-0.2, -0.15) is 0 Å². The molecule has 3 aromatic rings. The number of nitrogen functional groups attached to an aromatic ring is 1. The van der Waals surface area contributed by atoms with Crippen LogP contribution in [-0.4, -0.2) is 15.0 Å². The van der Waals surface area contributed by atoms with Gasteiger partial charge in [0.05, 0.1) is 0 Å². The predicted octanol–water partition coefficient (Wildman–Crippen LogP) is 4.56. The molecule has 0 amide bonds. The molecular formula is C16H14Cl2N6. The fourth-order valence-corrected chi connectivity index (χ4v) is 2.61. The number of hydrogen-bond donors (Lipinski definition) is 3. The molecule has 0 aliphatic rings. The topological polar surface area (TPSA) is 88.8 Å². The Balaban J connectivity index is 1.88. The van der Waals surface area contributed by atoms with Crippen LogP contribution in [0.1, 0.15) is 5.56 Å². The number of hydrogen-bond acceptors (Lipinski definition) is 6. The summed E-state index contributed by atoms with van der Waals surface area (Å²) >= 11 is 12.0. The molecule has 0 aliphatic heterocycles. The number of aryl methyl sites for hydroxylation is 1. The van der Waals surface area contributed by atoms with Crippen LogP contribution >= 0.6 is 23.2 Å². The summed E-state index contributed by atoms with van der Waals surface area (Å²) in [6, 6.07) is 8.90. The molecule has 0 bridgehead atoms. The van der Waals surface area contributed by atoms with Crippen molar-refractivity contribution < 1.29 is 0 Å². The lowest BCUT2D eigenvalue weighted by molar-refractivity contribution is 1.16. The second-order valence-electron chi connectivity index (χ2n) is 5.11. The third kappa shape index (κ3) is 3.84. The van der Waals surface area contributed by atoms with E-state index in [0.29, 0.717) is 38.9 Å². The Morgan fingerprint density at radius 2 is 1.58 bits per heavy atom. The van der Waals surface area contributed by atoms with Gasteiger partial charge in [-0.05, 0) is 42.8 Å². The fourth-order valence-electron chi connectivity index (χ4n) is 2.08. The molecule has 1 aromatic carbocycles. The van der Waals surface area contributed by atoms with Crippen LogP contribution < -0.4 is 16.4 Å². The van der Waals surface area contributed by atoms with Gasteiger partial charge in [0.25, 0.3) is 0 Å². The molecule has 2 aromatic heterocycles. The highest BCUT2D eigenvalue weighted by Crippen LogP contribution is 2.30. The lowest BCUT2D eigenvalue weighted by atomic mass is 10.3. The van der Waals surface area contributed by atoms with Crippen molar-refractivity contribution in [3.63, 3.8) is 0 Å². The van der Waals surface area contributed by atoms with Crippen LogP contribution in [0.2, 0.25) is 10.0 Å².